The minimum atomic E-state index is -3.73. The molecule has 1 aromatic heterocycles. The van der Waals surface area contributed by atoms with Gasteiger partial charge in [-0.3, -0.25) is 10.2 Å². The number of hydrogen-bond donors (Lipinski definition) is 3. The number of phenols is 1. The molecule has 0 saturated heterocycles. The number of hydrazine groups is 1. The zero-order valence-electron chi connectivity index (χ0n) is 18.3. The minimum Gasteiger partial charge on any atom is -0.505 e. The van der Waals surface area contributed by atoms with Crippen molar-refractivity contribution < 1.29 is 18.3 Å². The Morgan fingerprint density at radius 2 is 1.64 bits per heavy atom. The van der Waals surface area contributed by atoms with Crippen molar-refractivity contribution in [3.05, 3.63) is 71.8 Å². The van der Waals surface area contributed by atoms with E-state index in [0.717, 1.165) is 0 Å². The summed E-state index contributed by atoms with van der Waals surface area (Å²) in [5.41, 5.74) is 3.24. The van der Waals surface area contributed by atoms with Crippen molar-refractivity contribution in [1.29, 1.82) is 0 Å². The molecule has 1 heterocycles. The van der Waals surface area contributed by atoms with E-state index in [-0.39, 0.29) is 26.8 Å². The molecule has 33 heavy (non-hydrogen) atoms. The first kappa shape index (κ1) is 22.4. The van der Waals surface area contributed by atoms with E-state index in [1.165, 1.54) is 35.1 Å². The smallest absolute Gasteiger partial charge is 0.265 e. The van der Waals surface area contributed by atoms with Gasteiger partial charge in [-0.25, -0.2) is 14.3 Å². The number of hydrogen-bond acceptors (Lipinski definition) is 7. The van der Waals surface area contributed by atoms with Crippen LogP contribution in [0, 0.1) is 0 Å². The van der Waals surface area contributed by atoms with Crippen LogP contribution in [-0.4, -0.2) is 34.4 Å². The van der Waals surface area contributed by atoms with Gasteiger partial charge >= 0.3 is 0 Å². The Hall–Kier alpha value is -3.76. The molecule has 10 heteroatoms. The lowest BCUT2D eigenvalue weighted by Gasteiger charge is -2.22. The molecule has 0 aliphatic carbocycles. The molecule has 0 aliphatic heterocycles. The number of fused-ring (bicyclic) bond motifs is 1. The first-order valence-corrected chi connectivity index (χ1v) is 11.6. The number of rotatable bonds is 4. The molecule has 9 nitrogen and oxygen atoms in total. The number of benzene rings is 3. The number of amides is 1. The zero-order valence-corrected chi connectivity index (χ0v) is 19.1. The molecular weight excluding hydrogens is 442 g/mol. The fraction of sp³-hybridized carbons (Fsp3) is 0.174. The summed E-state index contributed by atoms with van der Waals surface area (Å²) in [5, 5.41) is 19.7. The highest BCUT2D eigenvalue weighted by Gasteiger charge is 2.25. The Kier molecular flexibility index (Phi) is 5.43. The summed E-state index contributed by atoms with van der Waals surface area (Å²) < 4.78 is 25.9. The molecule has 4 rings (SSSR count). The molecule has 0 bridgehead atoms. The SMILES string of the molecule is CC(C)(C)c1cc(C(=O)NN)cc(-n2nc3ccc(S(=O)(=O)c4ccccc4)cc3n2)c1O. The predicted molar refractivity (Wildman–Crippen MR) is 123 cm³/mol. The fourth-order valence-electron chi connectivity index (χ4n) is 3.46. The Morgan fingerprint density at radius 1 is 0.970 bits per heavy atom. The highest BCUT2D eigenvalue weighted by atomic mass is 32.2. The standard InChI is InChI=1S/C23H23N5O4S/c1-23(2,3)17-11-14(22(30)25-24)12-20(21(17)29)28-26-18-10-9-16(13-19(18)27-28)33(31,32)15-7-5-4-6-8-15/h4-13,29H,24H2,1-3H3,(H,25,30). The summed E-state index contributed by atoms with van der Waals surface area (Å²) >= 11 is 0. The molecule has 0 radical (unpaired) electrons. The molecule has 0 aliphatic rings. The predicted octanol–water partition coefficient (Wildman–Crippen LogP) is 2.86. The Balaban J connectivity index is 1.87. The maximum Gasteiger partial charge on any atom is 0.265 e. The molecule has 0 unspecified atom stereocenters. The van der Waals surface area contributed by atoms with Crippen molar-refractivity contribution in [3.8, 4) is 11.4 Å². The first-order valence-electron chi connectivity index (χ1n) is 10.1. The van der Waals surface area contributed by atoms with Crippen molar-refractivity contribution in [2.75, 3.05) is 0 Å². The van der Waals surface area contributed by atoms with Gasteiger partial charge < -0.3 is 5.11 Å². The number of sulfone groups is 1. The van der Waals surface area contributed by atoms with Gasteiger partial charge in [-0.05, 0) is 47.9 Å². The Bertz CT molecular complexity index is 1470. The lowest BCUT2D eigenvalue weighted by molar-refractivity contribution is 0.0953. The Morgan fingerprint density at radius 3 is 2.27 bits per heavy atom. The van der Waals surface area contributed by atoms with Crippen molar-refractivity contribution >= 4 is 26.8 Å². The second-order valence-electron chi connectivity index (χ2n) is 8.57. The number of nitrogens with two attached hydrogens (primary N) is 1. The van der Waals surface area contributed by atoms with Gasteiger partial charge in [0.1, 0.15) is 22.5 Å². The second kappa shape index (κ2) is 7.98. The number of nitrogen functional groups attached to an aromatic ring is 1. The topological polar surface area (TPSA) is 140 Å². The number of aromatic nitrogens is 3. The van der Waals surface area contributed by atoms with Crippen LogP contribution in [0.3, 0.4) is 0 Å². The lowest BCUT2D eigenvalue weighted by atomic mass is 9.85. The minimum absolute atomic E-state index is 0.0733. The maximum atomic E-state index is 13.0. The summed E-state index contributed by atoms with van der Waals surface area (Å²) in [4.78, 5) is 13.6. The van der Waals surface area contributed by atoms with Crippen LogP contribution in [-0.2, 0) is 15.3 Å². The van der Waals surface area contributed by atoms with Crippen LogP contribution in [0.25, 0.3) is 16.7 Å². The average Bonchev–Trinajstić information content (AvgIpc) is 3.21. The van der Waals surface area contributed by atoms with Crippen molar-refractivity contribution in [2.24, 2.45) is 5.84 Å². The van der Waals surface area contributed by atoms with E-state index in [0.29, 0.717) is 16.6 Å². The third kappa shape index (κ3) is 4.06. The number of phenolic OH excluding ortho intramolecular Hbond substituents is 1. The van der Waals surface area contributed by atoms with Crippen LogP contribution >= 0.6 is 0 Å². The molecule has 0 fully saturated rings. The summed E-state index contributed by atoms with van der Waals surface area (Å²) in [6.45, 7) is 5.68. The number of nitrogens with zero attached hydrogens (tertiary/aromatic N) is 3. The van der Waals surface area contributed by atoms with E-state index < -0.39 is 21.2 Å². The number of carbonyl (C=O) groups is 1. The van der Waals surface area contributed by atoms with Crippen LogP contribution in [0.2, 0.25) is 0 Å². The van der Waals surface area contributed by atoms with Crippen LogP contribution in [0.5, 0.6) is 5.75 Å². The van der Waals surface area contributed by atoms with E-state index >= 15 is 0 Å². The van der Waals surface area contributed by atoms with E-state index in [4.69, 9.17) is 5.84 Å². The molecule has 4 N–H and O–H groups in total. The average molecular weight is 466 g/mol. The van der Waals surface area contributed by atoms with Gasteiger partial charge in [0.2, 0.25) is 9.84 Å². The number of nitrogens with one attached hydrogen (secondary N) is 1. The molecule has 3 aromatic carbocycles. The summed E-state index contributed by atoms with van der Waals surface area (Å²) in [6, 6.07) is 15.5. The van der Waals surface area contributed by atoms with Gasteiger partial charge in [-0.15, -0.1) is 15.0 Å². The van der Waals surface area contributed by atoms with Gasteiger partial charge in [0, 0.05) is 11.1 Å². The second-order valence-corrected chi connectivity index (χ2v) is 10.5. The molecular formula is C23H23N5O4S. The third-order valence-electron chi connectivity index (χ3n) is 5.22. The van der Waals surface area contributed by atoms with Gasteiger partial charge in [0.15, 0.2) is 0 Å². The summed E-state index contributed by atoms with van der Waals surface area (Å²) in [6.07, 6.45) is 0. The molecule has 0 atom stereocenters. The normalized spacial score (nSPS) is 12.1. The van der Waals surface area contributed by atoms with Crippen LogP contribution in [0.15, 0.2) is 70.5 Å². The molecule has 0 spiro atoms. The molecule has 4 aromatic rings. The van der Waals surface area contributed by atoms with Gasteiger partial charge in [-0.2, -0.15) is 0 Å². The van der Waals surface area contributed by atoms with Crippen molar-refractivity contribution in [3.63, 3.8) is 0 Å². The van der Waals surface area contributed by atoms with Gasteiger partial charge in [0.05, 0.1) is 9.79 Å². The maximum absolute atomic E-state index is 13.0. The van der Waals surface area contributed by atoms with Crippen molar-refractivity contribution in [2.45, 2.75) is 36.0 Å². The van der Waals surface area contributed by atoms with Gasteiger partial charge in [0.25, 0.3) is 5.91 Å². The molecule has 0 saturated carbocycles. The first-order chi connectivity index (χ1) is 15.5. The van der Waals surface area contributed by atoms with Gasteiger partial charge in [-0.1, -0.05) is 39.0 Å². The zero-order chi connectivity index (χ0) is 24.0. The monoisotopic (exact) mass is 465 g/mol. The highest BCUT2D eigenvalue weighted by Crippen LogP contribution is 2.36. The van der Waals surface area contributed by atoms with E-state index in [1.54, 1.807) is 30.3 Å². The molecule has 170 valence electrons. The quantitative estimate of drug-likeness (QED) is 0.239. The lowest BCUT2D eigenvalue weighted by Crippen LogP contribution is -2.30. The van der Waals surface area contributed by atoms with Crippen LogP contribution in [0.4, 0.5) is 0 Å². The Labute approximate surface area is 190 Å². The summed E-state index contributed by atoms with van der Waals surface area (Å²) in [7, 11) is -3.73. The van der Waals surface area contributed by atoms with Crippen LogP contribution in [0.1, 0.15) is 36.7 Å². The fourth-order valence-corrected chi connectivity index (χ4v) is 4.76. The number of aromatic hydroxyl groups is 1. The highest BCUT2D eigenvalue weighted by molar-refractivity contribution is 7.91. The van der Waals surface area contributed by atoms with E-state index in [9.17, 15) is 18.3 Å². The summed E-state index contributed by atoms with van der Waals surface area (Å²) in [5.74, 6) is 4.68. The van der Waals surface area contributed by atoms with Crippen molar-refractivity contribution in [1.82, 2.24) is 20.4 Å². The third-order valence-corrected chi connectivity index (χ3v) is 6.99. The molecule has 1 amide bonds. The van der Waals surface area contributed by atoms with Crippen LogP contribution < -0.4 is 11.3 Å². The van der Waals surface area contributed by atoms with E-state index in [2.05, 4.69) is 15.6 Å². The van der Waals surface area contributed by atoms with E-state index in [1.807, 2.05) is 20.8 Å². The number of carbonyl (C=O) groups excluding carboxylic acids is 1. The largest absolute Gasteiger partial charge is 0.505 e.